The quantitative estimate of drug-likeness (QED) is 0.343. The third kappa shape index (κ3) is 3360. The molecule has 0 aromatic heterocycles. The zero-order valence-electron chi connectivity index (χ0n) is 4.75. The second-order valence-electron chi connectivity index (χ2n) is 1.42. The minimum Gasteiger partial charge on any atom is -0.312 e. The Hall–Kier alpha value is -0.160. The Balaban J connectivity index is 0. The molecule has 0 radical (unpaired) electrons. The van der Waals surface area contributed by atoms with Gasteiger partial charge < -0.3 is 4.90 Å². The molecule has 0 rings (SSSR count). The summed E-state index contributed by atoms with van der Waals surface area (Å²) in [6.07, 6.45) is 0. The third-order valence-corrected chi connectivity index (χ3v) is 0. The average molecular weight is 109 g/mol. The van der Waals surface area contributed by atoms with Crippen molar-refractivity contribution in [1.82, 2.24) is 4.90 Å². The molecule has 46 valence electrons. The van der Waals surface area contributed by atoms with Crippen LogP contribution < -0.4 is 0 Å². The lowest BCUT2D eigenvalue weighted by atomic mass is 11.0. The molecule has 4 heteroatoms. The van der Waals surface area contributed by atoms with Crippen molar-refractivity contribution in [2.75, 3.05) is 21.1 Å². The van der Waals surface area contributed by atoms with Gasteiger partial charge in [-0.2, -0.15) is 0 Å². The molecule has 0 saturated heterocycles. The summed E-state index contributed by atoms with van der Waals surface area (Å²) < 4.78 is 0. The second kappa shape index (κ2) is 9.28. The molecule has 0 amide bonds. The van der Waals surface area contributed by atoms with E-state index >= 15 is 0 Å². The summed E-state index contributed by atoms with van der Waals surface area (Å²) in [7, 11) is 6.00. The van der Waals surface area contributed by atoms with Crippen molar-refractivity contribution in [3.05, 3.63) is 0 Å². The van der Waals surface area contributed by atoms with Gasteiger partial charge in [0.25, 0.3) is 0 Å². The van der Waals surface area contributed by atoms with Crippen LogP contribution in [0.5, 0.6) is 0 Å². The van der Waals surface area contributed by atoms with Gasteiger partial charge in [-0.25, -0.2) is 10.5 Å². The molecule has 7 heavy (non-hydrogen) atoms. The highest BCUT2D eigenvalue weighted by Crippen LogP contribution is 1.47. The topological polar surface area (TPSA) is 52.9 Å². The predicted octanol–water partition coefficient (Wildman–Crippen LogP) is 0.127. The van der Waals surface area contributed by atoms with E-state index in [1.165, 1.54) is 0 Å². The van der Waals surface area contributed by atoms with Crippen LogP contribution in [0.25, 0.3) is 0 Å². The molecule has 0 saturated carbocycles. The van der Waals surface area contributed by atoms with E-state index < -0.39 is 0 Å². The second-order valence-corrected chi connectivity index (χ2v) is 1.42. The lowest BCUT2D eigenvalue weighted by Gasteiger charge is -1.90. The van der Waals surface area contributed by atoms with Crippen LogP contribution in [0.15, 0.2) is 0 Å². The highest BCUT2D eigenvalue weighted by molar-refractivity contribution is 4.09. The lowest BCUT2D eigenvalue weighted by Crippen LogP contribution is -1.99. The van der Waals surface area contributed by atoms with Gasteiger partial charge in [-0.05, 0) is 21.1 Å². The van der Waals surface area contributed by atoms with Crippen LogP contribution in [0.4, 0.5) is 0 Å². The van der Waals surface area contributed by atoms with E-state index in [0.29, 0.717) is 0 Å². The number of hydrogen-bond donors (Lipinski definition) is 2. The normalized spacial score (nSPS) is 7.71. The van der Waals surface area contributed by atoms with Crippen LogP contribution in [0.2, 0.25) is 0 Å². The molecule has 0 heterocycles. The summed E-state index contributed by atoms with van der Waals surface area (Å²) in [5, 5.41) is 15.5. The van der Waals surface area contributed by atoms with Gasteiger partial charge in [0.05, 0.1) is 0 Å². The first kappa shape index (κ1) is 9.96. The molecule has 0 unspecified atom stereocenters. The molecule has 0 fully saturated rings. The van der Waals surface area contributed by atoms with E-state index in [1.807, 2.05) is 26.0 Å². The van der Waals surface area contributed by atoms with Crippen LogP contribution in [-0.4, -0.2) is 36.6 Å². The average Bonchev–Trinajstić information content (AvgIpc) is 1.33. The van der Waals surface area contributed by atoms with E-state index in [2.05, 4.69) is 5.04 Å². The molecular weight excluding hydrogens is 98.0 g/mol. The van der Waals surface area contributed by atoms with Crippen molar-refractivity contribution in [2.45, 2.75) is 0 Å². The van der Waals surface area contributed by atoms with Gasteiger partial charge >= 0.3 is 0 Å². The van der Waals surface area contributed by atoms with Gasteiger partial charge in [-0.15, -0.1) is 0 Å². The summed E-state index contributed by atoms with van der Waals surface area (Å²) in [5.41, 5.74) is 0. The van der Waals surface area contributed by atoms with E-state index in [0.717, 1.165) is 0 Å². The maximum atomic E-state index is 6.62. The molecular formula is C3H11NO3. The van der Waals surface area contributed by atoms with Crippen LogP contribution in [0.1, 0.15) is 0 Å². The van der Waals surface area contributed by atoms with Gasteiger partial charge in [0.2, 0.25) is 0 Å². The number of hydrogen-bond acceptors (Lipinski definition) is 4. The monoisotopic (exact) mass is 109 g/mol. The molecule has 0 aromatic carbocycles. The minimum atomic E-state index is 2.00. The predicted molar refractivity (Wildman–Crippen MR) is 26.0 cm³/mol. The summed E-state index contributed by atoms with van der Waals surface area (Å²) >= 11 is 0. The Morgan fingerprint density at radius 1 is 1.14 bits per heavy atom. The third-order valence-electron chi connectivity index (χ3n) is 0. The largest absolute Gasteiger partial charge is 0.312 e. The molecule has 0 spiro atoms. The fourth-order valence-electron chi connectivity index (χ4n) is 0. The highest BCUT2D eigenvalue weighted by Gasteiger charge is 1.58. The van der Waals surface area contributed by atoms with Crippen LogP contribution in [0, 0.1) is 0 Å². The maximum absolute atomic E-state index is 6.62. The molecule has 0 aromatic rings. The Kier molecular flexibility index (Phi) is 13.2. The lowest BCUT2D eigenvalue weighted by molar-refractivity contribution is -0.465. The Morgan fingerprint density at radius 2 is 1.14 bits per heavy atom. The van der Waals surface area contributed by atoms with Crippen molar-refractivity contribution in [3.63, 3.8) is 0 Å². The number of rotatable bonds is 0. The Morgan fingerprint density at radius 3 is 1.14 bits per heavy atom. The van der Waals surface area contributed by atoms with Crippen molar-refractivity contribution in [2.24, 2.45) is 0 Å². The summed E-state index contributed by atoms with van der Waals surface area (Å²) in [5.74, 6) is 0. The fourth-order valence-corrected chi connectivity index (χ4v) is 0. The standard InChI is InChI=1S/C3H9N.H2O3/c1-4(2)3;1-3-2/h1-3H3;1-2H. The minimum absolute atomic E-state index is 2.00. The van der Waals surface area contributed by atoms with Crippen molar-refractivity contribution >= 4 is 0 Å². The molecule has 2 N–H and O–H groups in total. The first-order valence-corrected chi connectivity index (χ1v) is 1.71. The van der Waals surface area contributed by atoms with Gasteiger partial charge in [0.1, 0.15) is 0 Å². The molecule has 0 aliphatic rings. The number of nitrogens with zero attached hydrogens (tertiary/aromatic N) is 1. The van der Waals surface area contributed by atoms with Gasteiger partial charge in [0.15, 0.2) is 0 Å². The molecule has 0 bridgehead atoms. The molecule has 0 atom stereocenters. The SMILES string of the molecule is CN(C)C.OOO. The van der Waals surface area contributed by atoms with Crippen molar-refractivity contribution < 1.29 is 15.6 Å². The fraction of sp³-hybridized carbons (Fsp3) is 1.00. The van der Waals surface area contributed by atoms with E-state index in [-0.39, 0.29) is 0 Å². The smallest absolute Gasteiger partial charge is 0.0140 e. The summed E-state index contributed by atoms with van der Waals surface area (Å²) in [6, 6.07) is 0. The van der Waals surface area contributed by atoms with Crippen LogP contribution in [0.3, 0.4) is 0 Å². The van der Waals surface area contributed by atoms with E-state index in [4.69, 9.17) is 10.5 Å². The first-order valence-electron chi connectivity index (χ1n) is 1.71. The molecule has 0 aliphatic carbocycles. The van der Waals surface area contributed by atoms with Gasteiger partial charge in [0, 0.05) is 0 Å². The summed E-state index contributed by atoms with van der Waals surface area (Å²) in [6.45, 7) is 0. The van der Waals surface area contributed by atoms with E-state index in [1.54, 1.807) is 0 Å². The van der Waals surface area contributed by atoms with Gasteiger partial charge in [-0.1, -0.05) is 5.04 Å². The zero-order valence-corrected chi connectivity index (χ0v) is 4.75. The van der Waals surface area contributed by atoms with E-state index in [9.17, 15) is 0 Å². The summed E-state index contributed by atoms with van der Waals surface area (Å²) in [4.78, 5) is 2.00. The molecule has 0 aliphatic heterocycles. The Labute approximate surface area is 42.8 Å². The van der Waals surface area contributed by atoms with Crippen LogP contribution in [-0.2, 0) is 5.04 Å². The van der Waals surface area contributed by atoms with Gasteiger partial charge in [-0.3, -0.25) is 0 Å². The zero-order chi connectivity index (χ0) is 6.28. The highest BCUT2D eigenvalue weighted by atomic mass is 17.4. The Bertz CT molecular complexity index is 21.4. The van der Waals surface area contributed by atoms with Crippen molar-refractivity contribution in [3.8, 4) is 0 Å². The van der Waals surface area contributed by atoms with Crippen molar-refractivity contribution in [1.29, 1.82) is 0 Å². The molecule has 4 nitrogen and oxygen atoms in total. The van der Waals surface area contributed by atoms with Crippen LogP contribution >= 0.6 is 0 Å². The maximum Gasteiger partial charge on any atom is -0.0140 e. The first-order chi connectivity index (χ1) is 3.15.